The third kappa shape index (κ3) is 5.69. The number of sulfone groups is 1. The van der Waals surface area contributed by atoms with Gasteiger partial charge in [-0.2, -0.15) is 18.3 Å². The fourth-order valence-electron chi connectivity index (χ4n) is 2.34. The smallest absolute Gasteiger partial charge is 0.390 e. The molecule has 2 aromatic rings. The largest absolute Gasteiger partial charge is 0.398 e. The summed E-state index contributed by atoms with van der Waals surface area (Å²) in [7, 11) is -3.74. The van der Waals surface area contributed by atoms with Crippen LogP contribution in [-0.2, 0) is 19.5 Å². The number of amides is 1. The van der Waals surface area contributed by atoms with Crippen LogP contribution in [0.25, 0.3) is 5.69 Å². The molecule has 14 heteroatoms. The Morgan fingerprint density at radius 3 is 2.63 bits per heavy atom. The van der Waals surface area contributed by atoms with Crippen LogP contribution < -0.4 is 4.90 Å². The first-order valence-electron chi connectivity index (χ1n) is 8.38. The summed E-state index contributed by atoms with van der Waals surface area (Å²) in [6.45, 7) is 1.44. The van der Waals surface area contributed by atoms with Crippen molar-refractivity contribution < 1.29 is 31.2 Å². The molecule has 0 aliphatic rings. The van der Waals surface area contributed by atoms with E-state index in [1.165, 1.54) is 30.2 Å². The van der Waals surface area contributed by atoms with Crippen molar-refractivity contribution in [1.29, 1.82) is 0 Å². The van der Waals surface area contributed by atoms with E-state index in [9.17, 15) is 26.4 Å². The molecule has 2 aromatic heterocycles. The number of hydrogen-bond acceptors (Lipinski definition) is 7. The third-order valence-electron chi connectivity index (χ3n) is 3.72. The summed E-state index contributed by atoms with van der Waals surface area (Å²) in [6.07, 6.45) is -2.00. The number of carbonyl (C=O) groups excluding carboxylic acids is 1. The molecule has 2 heterocycles. The minimum atomic E-state index is -4.73. The van der Waals surface area contributed by atoms with E-state index in [1.54, 1.807) is 12.1 Å². The number of nitrogens with zero attached hydrogens (tertiary/aromatic N) is 5. The summed E-state index contributed by atoms with van der Waals surface area (Å²) < 4.78 is 63.5. The van der Waals surface area contributed by atoms with Crippen LogP contribution in [0.4, 0.5) is 18.9 Å². The van der Waals surface area contributed by atoms with Crippen LogP contribution in [0.15, 0.2) is 35.9 Å². The lowest BCUT2D eigenvalue weighted by Crippen LogP contribution is -2.41. The fraction of sp³-hybridized carbons (Fsp3) is 0.375. The zero-order valence-corrected chi connectivity index (χ0v) is 17.4. The van der Waals surface area contributed by atoms with Crippen molar-refractivity contribution in [1.82, 2.24) is 14.8 Å². The normalized spacial score (nSPS) is 12.7. The Balaban J connectivity index is 2.40. The quantitative estimate of drug-likeness (QED) is 0.367. The van der Waals surface area contributed by atoms with Crippen molar-refractivity contribution in [2.45, 2.75) is 19.5 Å². The molecule has 2 rings (SSSR count). The Bertz CT molecular complexity index is 1030. The maximum absolute atomic E-state index is 12.9. The van der Waals surface area contributed by atoms with Crippen LogP contribution in [0.1, 0.15) is 13.3 Å². The van der Waals surface area contributed by atoms with E-state index in [1.807, 2.05) is 0 Å². The van der Waals surface area contributed by atoms with Crippen molar-refractivity contribution in [2.24, 2.45) is 5.16 Å². The molecule has 0 aliphatic heterocycles. The molecular weight excluding hydrogens is 451 g/mol. The molecular formula is C16H17ClF3N5O4S. The van der Waals surface area contributed by atoms with E-state index < -0.39 is 39.1 Å². The van der Waals surface area contributed by atoms with Gasteiger partial charge in [0.05, 0.1) is 30.3 Å². The minimum Gasteiger partial charge on any atom is -0.398 e. The number of rotatable bonds is 6. The molecule has 0 aromatic carbocycles. The van der Waals surface area contributed by atoms with Gasteiger partial charge in [-0.25, -0.2) is 13.1 Å². The van der Waals surface area contributed by atoms with Crippen LogP contribution in [0, 0.1) is 0 Å². The van der Waals surface area contributed by atoms with Crippen LogP contribution in [0.2, 0.25) is 5.15 Å². The standard InChI is InChI=1S/C16H17ClF3N5O4S/c1-3-24(12-10-25(22-13(12)17)11-5-4-7-21-9-11)15(26)14(23-29-2)30(27,28)8-6-16(18,19)20/h4-5,7,9-10H,3,6,8H2,1-2H3. The lowest BCUT2D eigenvalue weighted by molar-refractivity contribution is -0.130. The zero-order chi connectivity index (χ0) is 22.5. The maximum Gasteiger partial charge on any atom is 0.390 e. The van der Waals surface area contributed by atoms with E-state index in [2.05, 4.69) is 20.1 Å². The highest BCUT2D eigenvalue weighted by Gasteiger charge is 2.37. The maximum atomic E-state index is 12.9. The van der Waals surface area contributed by atoms with Crippen LogP contribution in [0.3, 0.4) is 0 Å². The molecule has 164 valence electrons. The first-order chi connectivity index (χ1) is 14.0. The van der Waals surface area contributed by atoms with Gasteiger partial charge in [-0.15, -0.1) is 0 Å². The predicted octanol–water partition coefficient (Wildman–Crippen LogP) is 2.60. The van der Waals surface area contributed by atoms with E-state index in [0.29, 0.717) is 5.69 Å². The molecule has 0 N–H and O–H groups in total. The van der Waals surface area contributed by atoms with Gasteiger partial charge in [0.2, 0.25) is 9.84 Å². The Hall–Kier alpha value is -2.67. The molecule has 0 aliphatic carbocycles. The molecule has 0 bridgehead atoms. The first-order valence-corrected chi connectivity index (χ1v) is 10.4. The number of carbonyl (C=O) groups is 1. The fourth-order valence-corrected chi connectivity index (χ4v) is 3.83. The van der Waals surface area contributed by atoms with Gasteiger partial charge in [0.15, 0.2) is 5.15 Å². The van der Waals surface area contributed by atoms with Crippen LogP contribution in [0.5, 0.6) is 0 Å². The number of hydrogen-bond donors (Lipinski definition) is 0. The minimum absolute atomic E-state index is 0.0304. The van der Waals surface area contributed by atoms with Gasteiger partial charge in [-0.1, -0.05) is 16.8 Å². The molecule has 0 unspecified atom stereocenters. The predicted molar refractivity (Wildman–Crippen MR) is 103 cm³/mol. The third-order valence-corrected chi connectivity index (χ3v) is 5.57. The highest BCUT2D eigenvalue weighted by Crippen LogP contribution is 2.27. The first kappa shape index (κ1) is 23.6. The Kier molecular flexibility index (Phi) is 7.42. The number of pyridine rings is 1. The molecule has 0 atom stereocenters. The molecule has 1 amide bonds. The highest BCUT2D eigenvalue weighted by atomic mass is 35.5. The van der Waals surface area contributed by atoms with Crippen LogP contribution in [-0.4, -0.2) is 59.7 Å². The van der Waals surface area contributed by atoms with Gasteiger partial charge in [-0.05, 0) is 19.1 Å². The molecule has 0 spiro atoms. The molecule has 0 saturated heterocycles. The second-order valence-corrected chi connectivity index (χ2v) is 8.16. The average Bonchev–Trinajstić information content (AvgIpc) is 3.07. The summed E-state index contributed by atoms with van der Waals surface area (Å²) in [4.78, 5) is 22.1. The van der Waals surface area contributed by atoms with Gasteiger partial charge in [0, 0.05) is 12.7 Å². The monoisotopic (exact) mass is 467 g/mol. The number of halogens is 4. The molecule has 0 fully saturated rings. The summed E-state index contributed by atoms with van der Waals surface area (Å²) in [5, 5.41) is 5.92. The number of alkyl halides is 3. The topological polar surface area (TPSA) is 107 Å². The van der Waals surface area contributed by atoms with E-state index in [4.69, 9.17) is 11.6 Å². The summed E-state index contributed by atoms with van der Waals surface area (Å²) in [6, 6.07) is 3.31. The lowest BCUT2D eigenvalue weighted by atomic mass is 10.4. The van der Waals surface area contributed by atoms with Gasteiger partial charge >= 0.3 is 6.18 Å². The molecule has 9 nitrogen and oxygen atoms in total. The summed E-state index contributed by atoms with van der Waals surface area (Å²) in [5.41, 5.74) is 0.542. The SMILES string of the molecule is CCN(C(=O)C(=NOC)S(=O)(=O)CCC(F)(F)F)c1cn(-c2cccnc2)nc1Cl. The summed E-state index contributed by atoms with van der Waals surface area (Å²) in [5.74, 6) is -2.56. The van der Waals surface area contributed by atoms with E-state index in [0.717, 1.165) is 12.0 Å². The van der Waals surface area contributed by atoms with Crippen molar-refractivity contribution in [3.63, 3.8) is 0 Å². The number of oxime groups is 1. The van der Waals surface area contributed by atoms with Crippen molar-refractivity contribution in [3.8, 4) is 5.69 Å². The Morgan fingerprint density at radius 2 is 2.10 bits per heavy atom. The van der Waals surface area contributed by atoms with Crippen molar-refractivity contribution in [2.75, 3.05) is 24.3 Å². The van der Waals surface area contributed by atoms with Gasteiger partial charge in [0.25, 0.3) is 11.0 Å². The van der Waals surface area contributed by atoms with Crippen molar-refractivity contribution >= 4 is 38.1 Å². The van der Waals surface area contributed by atoms with Gasteiger partial charge in [0.1, 0.15) is 12.8 Å². The molecule has 0 saturated carbocycles. The second-order valence-electron chi connectivity index (χ2n) is 5.77. The average molecular weight is 468 g/mol. The van der Waals surface area contributed by atoms with Crippen LogP contribution >= 0.6 is 11.6 Å². The lowest BCUT2D eigenvalue weighted by Gasteiger charge is -2.20. The van der Waals surface area contributed by atoms with E-state index >= 15 is 0 Å². The summed E-state index contributed by atoms with van der Waals surface area (Å²) >= 11 is 6.11. The van der Waals surface area contributed by atoms with Gasteiger partial charge < -0.3 is 9.74 Å². The van der Waals surface area contributed by atoms with Crippen molar-refractivity contribution in [3.05, 3.63) is 35.9 Å². The Labute approximate surface area is 175 Å². The van der Waals surface area contributed by atoms with Gasteiger partial charge in [-0.3, -0.25) is 9.78 Å². The Morgan fingerprint density at radius 1 is 1.40 bits per heavy atom. The molecule has 30 heavy (non-hydrogen) atoms. The highest BCUT2D eigenvalue weighted by molar-refractivity contribution is 8.08. The van der Waals surface area contributed by atoms with E-state index in [-0.39, 0.29) is 17.4 Å². The number of anilines is 1. The zero-order valence-electron chi connectivity index (χ0n) is 15.8. The molecule has 0 radical (unpaired) electrons. The second kappa shape index (κ2) is 9.43. The number of aromatic nitrogens is 3.